The van der Waals surface area contributed by atoms with E-state index in [0.717, 1.165) is 12.8 Å². The van der Waals surface area contributed by atoms with Gasteiger partial charge in [0.05, 0.1) is 0 Å². The molecule has 0 aromatic heterocycles. The number of rotatable bonds is 3. The van der Waals surface area contributed by atoms with E-state index < -0.39 is 6.04 Å². The second-order valence-electron chi connectivity index (χ2n) is 5.75. The summed E-state index contributed by atoms with van der Waals surface area (Å²) in [5.74, 6) is 1.21. The number of carbonyl (C=O) groups is 1. The normalized spacial score (nSPS) is 32.5. The fourth-order valence-corrected chi connectivity index (χ4v) is 2.48. The van der Waals surface area contributed by atoms with Gasteiger partial charge in [0.2, 0.25) is 0 Å². The van der Waals surface area contributed by atoms with Crippen LogP contribution in [0.2, 0.25) is 0 Å². The number of ether oxygens (including phenoxy) is 1. The monoisotopic (exact) mass is 227 g/mol. The van der Waals surface area contributed by atoms with Gasteiger partial charge in [-0.05, 0) is 37.0 Å². The summed E-state index contributed by atoms with van der Waals surface area (Å²) < 4.78 is 5.49. The van der Waals surface area contributed by atoms with E-state index in [0.29, 0.717) is 11.8 Å². The third-order valence-electron chi connectivity index (χ3n) is 3.41. The van der Waals surface area contributed by atoms with Crippen molar-refractivity contribution in [3.05, 3.63) is 0 Å². The summed E-state index contributed by atoms with van der Waals surface area (Å²) in [4.78, 5) is 11.7. The molecule has 3 heteroatoms. The first-order chi connectivity index (χ1) is 7.40. The van der Waals surface area contributed by atoms with E-state index in [2.05, 4.69) is 13.8 Å². The summed E-state index contributed by atoms with van der Waals surface area (Å²) in [7, 11) is 0. The molecule has 0 spiro atoms. The Hall–Kier alpha value is -0.570. The van der Waals surface area contributed by atoms with Crippen LogP contribution in [-0.4, -0.2) is 18.1 Å². The molecule has 2 unspecified atom stereocenters. The highest BCUT2D eigenvalue weighted by Gasteiger charge is 2.28. The zero-order valence-corrected chi connectivity index (χ0v) is 10.9. The minimum Gasteiger partial charge on any atom is -0.461 e. The Morgan fingerprint density at radius 2 is 1.69 bits per heavy atom. The molecular weight excluding hydrogens is 202 g/mol. The van der Waals surface area contributed by atoms with E-state index in [-0.39, 0.29) is 18.0 Å². The van der Waals surface area contributed by atoms with Gasteiger partial charge in [0.15, 0.2) is 0 Å². The van der Waals surface area contributed by atoms with Gasteiger partial charge in [-0.3, -0.25) is 4.79 Å². The average Bonchev–Trinajstić information content (AvgIpc) is 2.14. The number of hydrogen-bond acceptors (Lipinski definition) is 3. The van der Waals surface area contributed by atoms with Crippen LogP contribution in [0.5, 0.6) is 0 Å². The molecule has 0 aromatic carbocycles. The Balaban J connectivity index is 2.44. The first kappa shape index (κ1) is 13.5. The molecule has 0 amide bonds. The molecule has 3 atom stereocenters. The Morgan fingerprint density at radius 1 is 1.19 bits per heavy atom. The summed E-state index contributed by atoms with van der Waals surface area (Å²) in [5.41, 5.74) is 5.77. The number of esters is 1. The van der Waals surface area contributed by atoms with Crippen molar-refractivity contribution in [2.24, 2.45) is 23.5 Å². The molecule has 1 aliphatic rings. The molecule has 1 rings (SSSR count). The lowest BCUT2D eigenvalue weighted by molar-refractivity contribution is -0.154. The molecule has 1 saturated carbocycles. The Kier molecular flexibility index (Phi) is 4.78. The van der Waals surface area contributed by atoms with Crippen LogP contribution in [0.4, 0.5) is 0 Å². The highest BCUT2D eigenvalue weighted by molar-refractivity contribution is 5.75. The average molecular weight is 227 g/mol. The van der Waals surface area contributed by atoms with Gasteiger partial charge in [0, 0.05) is 0 Å². The number of carbonyl (C=O) groups excluding carboxylic acids is 1. The molecule has 1 aliphatic carbocycles. The maximum Gasteiger partial charge on any atom is 0.323 e. The number of hydrogen-bond donors (Lipinski definition) is 1. The Bertz CT molecular complexity index is 230. The van der Waals surface area contributed by atoms with Crippen LogP contribution in [0.1, 0.15) is 47.0 Å². The van der Waals surface area contributed by atoms with Crippen LogP contribution < -0.4 is 5.73 Å². The molecule has 0 saturated heterocycles. The molecule has 0 bridgehead atoms. The predicted molar refractivity (Wildman–Crippen MR) is 64.9 cm³/mol. The minimum atomic E-state index is -0.479. The predicted octanol–water partition coefficient (Wildman–Crippen LogP) is 2.34. The first-order valence-electron chi connectivity index (χ1n) is 6.36. The van der Waals surface area contributed by atoms with Crippen LogP contribution in [-0.2, 0) is 9.53 Å². The van der Waals surface area contributed by atoms with Crippen LogP contribution >= 0.6 is 0 Å². The van der Waals surface area contributed by atoms with Crippen molar-refractivity contribution < 1.29 is 9.53 Å². The quantitative estimate of drug-likeness (QED) is 0.753. The highest BCUT2D eigenvalue weighted by Crippen LogP contribution is 2.30. The second kappa shape index (κ2) is 5.67. The van der Waals surface area contributed by atoms with Crippen molar-refractivity contribution in [3.8, 4) is 0 Å². The molecule has 2 N–H and O–H groups in total. The second-order valence-corrected chi connectivity index (χ2v) is 5.75. The molecule has 1 fully saturated rings. The Labute approximate surface area is 98.7 Å². The third kappa shape index (κ3) is 3.78. The van der Waals surface area contributed by atoms with Crippen LogP contribution in [0, 0.1) is 17.8 Å². The largest absolute Gasteiger partial charge is 0.461 e. The van der Waals surface area contributed by atoms with Crippen molar-refractivity contribution >= 4 is 5.97 Å². The van der Waals surface area contributed by atoms with Crippen LogP contribution in [0.15, 0.2) is 0 Å². The maximum absolute atomic E-state index is 11.7. The molecule has 16 heavy (non-hydrogen) atoms. The lowest BCUT2D eigenvalue weighted by atomic mass is 9.82. The molecule has 3 nitrogen and oxygen atoms in total. The third-order valence-corrected chi connectivity index (χ3v) is 3.41. The first-order valence-corrected chi connectivity index (χ1v) is 6.36. The smallest absolute Gasteiger partial charge is 0.323 e. The summed E-state index contributed by atoms with van der Waals surface area (Å²) in [5, 5.41) is 0. The van der Waals surface area contributed by atoms with Gasteiger partial charge < -0.3 is 10.5 Å². The Morgan fingerprint density at radius 3 is 2.12 bits per heavy atom. The minimum absolute atomic E-state index is 0.0797. The van der Waals surface area contributed by atoms with Crippen molar-refractivity contribution in [3.63, 3.8) is 0 Å². The van der Waals surface area contributed by atoms with E-state index in [1.807, 2.05) is 13.8 Å². The van der Waals surface area contributed by atoms with E-state index in [1.54, 1.807) is 0 Å². The van der Waals surface area contributed by atoms with Crippen molar-refractivity contribution in [1.82, 2.24) is 0 Å². The van der Waals surface area contributed by atoms with Gasteiger partial charge in [0.1, 0.15) is 12.1 Å². The zero-order valence-electron chi connectivity index (χ0n) is 10.9. The summed E-state index contributed by atoms with van der Waals surface area (Å²) in [6.07, 6.45) is 3.29. The molecule has 0 radical (unpaired) electrons. The van der Waals surface area contributed by atoms with E-state index >= 15 is 0 Å². The van der Waals surface area contributed by atoms with Crippen molar-refractivity contribution in [2.45, 2.75) is 59.1 Å². The van der Waals surface area contributed by atoms with E-state index in [9.17, 15) is 4.79 Å². The summed E-state index contributed by atoms with van der Waals surface area (Å²) >= 11 is 0. The van der Waals surface area contributed by atoms with Crippen molar-refractivity contribution in [1.29, 1.82) is 0 Å². The SMILES string of the molecule is CC1CC(C)CC(OC(=O)[C@@H](N)C(C)C)C1. The van der Waals surface area contributed by atoms with Gasteiger partial charge in [-0.1, -0.05) is 27.7 Å². The zero-order chi connectivity index (χ0) is 12.3. The number of nitrogens with two attached hydrogens (primary N) is 1. The lowest BCUT2D eigenvalue weighted by Crippen LogP contribution is -2.40. The fraction of sp³-hybridized carbons (Fsp3) is 0.923. The highest BCUT2D eigenvalue weighted by atomic mass is 16.5. The van der Waals surface area contributed by atoms with Gasteiger partial charge in [-0.25, -0.2) is 0 Å². The maximum atomic E-state index is 11.7. The van der Waals surface area contributed by atoms with E-state index in [1.165, 1.54) is 6.42 Å². The molecule has 0 aromatic rings. The van der Waals surface area contributed by atoms with Crippen molar-refractivity contribution in [2.75, 3.05) is 0 Å². The summed E-state index contributed by atoms with van der Waals surface area (Å²) in [6.45, 7) is 8.33. The molecule has 0 heterocycles. The van der Waals surface area contributed by atoms with E-state index in [4.69, 9.17) is 10.5 Å². The standard InChI is InChI=1S/C13H25NO2/c1-8(2)12(14)13(15)16-11-6-9(3)5-10(4)7-11/h8-12H,5-7,14H2,1-4H3/t9?,10?,11?,12-/m0/s1. The van der Waals surface area contributed by atoms with Gasteiger partial charge in [-0.2, -0.15) is 0 Å². The molecular formula is C13H25NO2. The van der Waals surface area contributed by atoms with Gasteiger partial charge in [-0.15, -0.1) is 0 Å². The lowest BCUT2D eigenvalue weighted by Gasteiger charge is -2.31. The van der Waals surface area contributed by atoms with Gasteiger partial charge in [0.25, 0.3) is 0 Å². The molecule has 0 aliphatic heterocycles. The van der Waals surface area contributed by atoms with Crippen LogP contribution in [0.25, 0.3) is 0 Å². The van der Waals surface area contributed by atoms with Crippen LogP contribution in [0.3, 0.4) is 0 Å². The molecule has 94 valence electrons. The summed E-state index contributed by atoms with van der Waals surface area (Å²) in [6, 6.07) is -0.479. The topological polar surface area (TPSA) is 52.3 Å². The van der Waals surface area contributed by atoms with Gasteiger partial charge >= 0.3 is 5.97 Å². The fourth-order valence-electron chi connectivity index (χ4n) is 2.48.